The number of piperazine rings is 1. The van der Waals surface area contributed by atoms with Crippen LogP contribution in [0.5, 0.6) is 0 Å². The first-order valence-electron chi connectivity index (χ1n) is 7.62. The van der Waals surface area contributed by atoms with Gasteiger partial charge in [0.2, 0.25) is 0 Å². The Kier molecular flexibility index (Phi) is 4.02. The number of hydrogen-bond donors (Lipinski definition) is 1. The first kappa shape index (κ1) is 14.8. The molecule has 0 atom stereocenters. The molecule has 6 heteroatoms. The Hall–Kier alpha value is -2.08. The van der Waals surface area contributed by atoms with Crippen LogP contribution in [-0.2, 0) is 4.79 Å². The van der Waals surface area contributed by atoms with Crippen molar-refractivity contribution in [2.75, 3.05) is 37.6 Å². The third-order valence-electron chi connectivity index (χ3n) is 4.07. The van der Waals surface area contributed by atoms with E-state index in [2.05, 4.69) is 35.9 Å². The highest BCUT2D eigenvalue weighted by atomic mass is 16.4. The number of benzene rings is 1. The fraction of sp³-hybridized carbons (Fsp3) is 0.500. The topological polar surface area (TPSA) is 69.8 Å². The lowest BCUT2D eigenvalue weighted by Crippen LogP contribution is -2.48. The van der Waals surface area contributed by atoms with Crippen molar-refractivity contribution in [3.63, 3.8) is 0 Å². The summed E-state index contributed by atoms with van der Waals surface area (Å²) in [6.45, 7) is 7.30. The van der Waals surface area contributed by atoms with Gasteiger partial charge in [-0.2, -0.15) is 4.98 Å². The number of nitrogens with zero attached hydrogens (tertiary/aromatic N) is 3. The Morgan fingerprint density at radius 3 is 2.68 bits per heavy atom. The first-order valence-corrected chi connectivity index (χ1v) is 7.62. The number of carbonyl (C=O) groups is 1. The van der Waals surface area contributed by atoms with Crippen molar-refractivity contribution in [3.8, 4) is 0 Å². The maximum atomic E-state index is 10.7. The van der Waals surface area contributed by atoms with Crippen LogP contribution in [0.2, 0.25) is 0 Å². The summed E-state index contributed by atoms with van der Waals surface area (Å²) in [5, 5.41) is 8.83. The summed E-state index contributed by atoms with van der Waals surface area (Å²) in [6, 6.07) is 6.76. The molecule has 0 saturated carbocycles. The molecule has 1 fully saturated rings. The van der Waals surface area contributed by atoms with Crippen molar-refractivity contribution in [2.24, 2.45) is 0 Å². The van der Waals surface area contributed by atoms with E-state index in [1.54, 1.807) is 0 Å². The molecule has 0 spiro atoms. The zero-order chi connectivity index (χ0) is 15.7. The summed E-state index contributed by atoms with van der Waals surface area (Å²) in [7, 11) is 0. The maximum absolute atomic E-state index is 10.7. The zero-order valence-corrected chi connectivity index (χ0v) is 13.0. The lowest BCUT2D eigenvalue weighted by molar-refractivity contribution is -0.138. The van der Waals surface area contributed by atoms with E-state index < -0.39 is 5.97 Å². The molecule has 0 bridgehead atoms. The second-order valence-corrected chi connectivity index (χ2v) is 6.04. The standard InChI is InChI=1S/C16H21N3O3/c1-11(2)12-3-4-14-13(9-12)17-16(22-14)19-7-5-18(6-8-19)10-15(20)21/h3-4,9,11H,5-8,10H2,1-2H3,(H,20,21). The van der Waals surface area contributed by atoms with E-state index >= 15 is 0 Å². The van der Waals surface area contributed by atoms with Crippen LogP contribution in [0.1, 0.15) is 25.3 Å². The van der Waals surface area contributed by atoms with Gasteiger partial charge in [0, 0.05) is 26.2 Å². The van der Waals surface area contributed by atoms with Crippen molar-refractivity contribution in [2.45, 2.75) is 19.8 Å². The van der Waals surface area contributed by atoms with E-state index in [1.165, 1.54) is 5.56 Å². The van der Waals surface area contributed by atoms with Gasteiger partial charge in [-0.05, 0) is 23.6 Å². The van der Waals surface area contributed by atoms with Crippen molar-refractivity contribution in [3.05, 3.63) is 23.8 Å². The largest absolute Gasteiger partial charge is 0.480 e. The first-order chi connectivity index (χ1) is 10.5. The van der Waals surface area contributed by atoms with Crippen molar-refractivity contribution < 1.29 is 14.3 Å². The molecule has 1 aliphatic heterocycles. The van der Waals surface area contributed by atoms with Gasteiger partial charge in [-0.25, -0.2) is 0 Å². The van der Waals surface area contributed by atoms with Crippen LogP contribution >= 0.6 is 0 Å². The lowest BCUT2D eigenvalue weighted by atomic mass is 10.0. The predicted molar refractivity (Wildman–Crippen MR) is 84.4 cm³/mol. The van der Waals surface area contributed by atoms with Crippen LogP contribution in [-0.4, -0.2) is 53.7 Å². The average molecular weight is 303 g/mol. The van der Waals surface area contributed by atoms with Crippen molar-refractivity contribution in [1.82, 2.24) is 9.88 Å². The van der Waals surface area contributed by atoms with Crippen LogP contribution in [0.3, 0.4) is 0 Å². The van der Waals surface area contributed by atoms with Gasteiger partial charge in [0.1, 0.15) is 5.52 Å². The minimum atomic E-state index is -0.781. The Labute approximate surface area is 129 Å². The van der Waals surface area contributed by atoms with Crippen molar-refractivity contribution >= 4 is 23.1 Å². The summed E-state index contributed by atoms with van der Waals surface area (Å²) in [4.78, 5) is 19.3. The fourth-order valence-corrected chi connectivity index (χ4v) is 2.72. The van der Waals surface area contributed by atoms with E-state index in [0.29, 0.717) is 25.0 Å². The molecule has 22 heavy (non-hydrogen) atoms. The molecule has 1 aromatic heterocycles. The summed E-state index contributed by atoms with van der Waals surface area (Å²) >= 11 is 0. The summed E-state index contributed by atoms with van der Waals surface area (Å²) in [6.07, 6.45) is 0. The van der Waals surface area contributed by atoms with E-state index in [0.717, 1.165) is 24.2 Å². The van der Waals surface area contributed by atoms with Gasteiger partial charge in [-0.1, -0.05) is 19.9 Å². The van der Waals surface area contributed by atoms with Crippen LogP contribution in [0.4, 0.5) is 6.01 Å². The predicted octanol–water partition coefficient (Wildman–Crippen LogP) is 2.16. The summed E-state index contributed by atoms with van der Waals surface area (Å²) in [5.74, 6) is -0.319. The molecule has 2 heterocycles. The molecular formula is C16H21N3O3. The van der Waals surface area contributed by atoms with Gasteiger partial charge < -0.3 is 14.4 Å². The number of aromatic nitrogens is 1. The Morgan fingerprint density at radius 1 is 1.32 bits per heavy atom. The molecule has 1 saturated heterocycles. The number of carboxylic acids is 1. The van der Waals surface area contributed by atoms with E-state index in [-0.39, 0.29) is 6.54 Å². The Balaban J connectivity index is 1.73. The molecule has 1 aromatic carbocycles. The van der Waals surface area contributed by atoms with Gasteiger partial charge in [0.15, 0.2) is 5.58 Å². The lowest BCUT2D eigenvalue weighted by Gasteiger charge is -2.32. The van der Waals surface area contributed by atoms with E-state index in [9.17, 15) is 4.79 Å². The average Bonchev–Trinajstić information content (AvgIpc) is 2.90. The number of fused-ring (bicyclic) bond motifs is 1. The minimum Gasteiger partial charge on any atom is -0.480 e. The molecule has 0 unspecified atom stereocenters. The van der Waals surface area contributed by atoms with E-state index in [4.69, 9.17) is 9.52 Å². The normalized spacial score (nSPS) is 16.6. The number of aliphatic carboxylic acids is 1. The molecule has 1 N–H and O–H groups in total. The highest BCUT2D eigenvalue weighted by Crippen LogP contribution is 2.26. The van der Waals surface area contributed by atoms with Crippen molar-refractivity contribution in [1.29, 1.82) is 0 Å². The van der Waals surface area contributed by atoms with Gasteiger partial charge in [0.05, 0.1) is 6.54 Å². The molecule has 1 aliphatic rings. The summed E-state index contributed by atoms with van der Waals surface area (Å²) in [5.41, 5.74) is 2.93. The van der Waals surface area contributed by atoms with Crippen LogP contribution in [0.25, 0.3) is 11.1 Å². The van der Waals surface area contributed by atoms with Crippen LogP contribution < -0.4 is 4.90 Å². The second kappa shape index (κ2) is 5.96. The van der Waals surface area contributed by atoms with Gasteiger partial charge in [-0.3, -0.25) is 9.69 Å². The number of oxazole rings is 1. The molecule has 6 nitrogen and oxygen atoms in total. The Morgan fingerprint density at radius 2 is 2.05 bits per heavy atom. The molecule has 2 aromatic rings. The number of rotatable bonds is 4. The maximum Gasteiger partial charge on any atom is 0.317 e. The van der Waals surface area contributed by atoms with Gasteiger partial charge in [0.25, 0.3) is 6.01 Å². The van der Waals surface area contributed by atoms with Gasteiger partial charge in [-0.15, -0.1) is 0 Å². The monoisotopic (exact) mass is 303 g/mol. The SMILES string of the molecule is CC(C)c1ccc2oc(N3CCN(CC(=O)O)CC3)nc2c1. The highest BCUT2D eigenvalue weighted by molar-refractivity contribution is 5.75. The fourth-order valence-electron chi connectivity index (χ4n) is 2.72. The third kappa shape index (κ3) is 3.06. The molecule has 0 amide bonds. The minimum absolute atomic E-state index is 0.0964. The number of carboxylic acid groups (broad SMARTS) is 1. The highest BCUT2D eigenvalue weighted by Gasteiger charge is 2.22. The van der Waals surface area contributed by atoms with Crippen LogP contribution in [0.15, 0.2) is 22.6 Å². The number of anilines is 1. The van der Waals surface area contributed by atoms with Crippen LogP contribution in [0, 0.1) is 0 Å². The number of hydrogen-bond acceptors (Lipinski definition) is 5. The molecule has 118 valence electrons. The smallest absolute Gasteiger partial charge is 0.317 e. The third-order valence-corrected chi connectivity index (χ3v) is 4.07. The zero-order valence-electron chi connectivity index (χ0n) is 13.0. The molecule has 0 aliphatic carbocycles. The summed E-state index contributed by atoms with van der Waals surface area (Å²) < 4.78 is 5.84. The second-order valence-electron chi connectivity index (χ2n) is 6.04. The Bertz CT molecular complexity index is 672. The van der Waals surface area contributed by atoms with E-state index in [1.807, 2.05) is 11.0 Å². The quantitative estimate of drug-likeness (QED) is 0.933. The molecular weight excluding hydrogens is 282 g/mol. The molecule has 0 radical (unpaired) electrons. The molecule has 3 rings (SSSR count). The van der Waals surface area contributed by atoms with Gasteiger partial charge >= 0.3 is 5.97 Å².